The molecule has 0 fully saturated rings. The number of ether oxygens (including phenoxy) is 1. The maximum atomic E-state index is 11.5. The summed E-state index contributed by atoms with van der Waals surface area (Å²) in [5.41, 5.74) is 0. The first-order valence-corrected chi connectivity index (χ1v) is 5.73. The molecular formula is C12H18N2O4. The van der Waals surface area contributed by atoms with Crippen LogP contribution in [-0.4, -0.2) is 38.1 Å². The largest absolute Gasteiger partial charge is 0.469 e. The molecule has 1 aromatic rings. The summed E-state index contributed by atoms with van der Waals surface area (Å²) < 4.78 is 9.92. The summed E-state index contributed by atoms with van der Waals surface area (Å²) in [5.74, 6) is -0.536. The summed E-state index contributed by atoms with van der Waals surface area (Å²) in [6.07, 6.45) is 2.12. The minimum absolute atomic E-state index is 0.170. The number of carbonyl (C=O) groups is 2. The molecule has 2 amide bonds. The van der Waals surface area contributed by atoms with Gasteiger partial charge in [0.15, 0.2) is 0 Å². The van der Waals surface area contributed by atoms with E-state index >= 15 is 0 Å². The van der Waals surface area contributed by atoms with E-state index in [2.05, 4.69) is 10.6 Å². The van der Waals surface area contributed by atoms with Crippen molar-refractivity contribution < 1.29 is 18.7 Å². The Balaban J connectivity index is 2.28. The van der Waals surface area contributed by atoms with Gasteiger partial charge in [0, 0.05) is 26.1 Å². The molecule has 0 bridgehead atoms. The molecule has 100 valence electrons. The van der Waals surface area contributed by atoms with E-state index in [4.69, 9.17) is 9.15 Å². The van der Waals surface area contributed by atoms with Crippen LogP contribution in [0.1, 0.15) is 12.7 Å². The third kappa shape index (κ3) is 5.01. The van der Waals surface area contributed by atoms with Gasteiger partial charge in [0.05, 0.1) is 12.9 Å². The fourth-order valence-electron chi connectivity index (χ4n) is 1.42. The fraction of sp³-hybridized carbons (Fsp3) is 0.500. The van der Waals surface area contributed by atoms with Crippen molar-refractivity contribution in [1.82, 2.24) is 10.6 Å². The summed E-state index contributed by atoms with van der Waals surface area (Å²) in [6, 6.07) is 3.43. The van der Waals surface area contributed by atoms with Gasteiger partial charge in [0.2, 0.25) is 0 Å². The minimum Gasteiger partial charge on any atom is -0.469 e. The maximum Gasteiger partial charge on any atom is 0.309 e. The average Bonchev–Trinajstić information content (AvgIpc) is 2.81. The Morgan fingerprint density at radius 1 is 1.44 bits per heavy atom. The van der Waals surface area contributed by atoms with E-state index in [1.54, 1.807) is 12.3 Å². The number of rotatable bonds is 6. The zero-order valence-corrected chi connectivity index (χ0v) is 10.6. The van der Waals surface area contributed by atoms with Crippen molar-refractivity contribution in [1.29, 1.82) is 0 Å². The molecule has 1 atom stereocenters. The van der Waals surface area contributed by atoms with E-state index < -0.39 is 11.8 Å². The third-order valence-corrected chi connectivity index (χ3v) is 2.26. The second-order valence-corrected chi connectivity index (χ2v) is 3.91. The predicted octanol–water partition coefficient (Wildman–Crippen LogP) is 0.0894. The molecule has 18 heavy (non-hydrogen) atoms. The summed E-state index contributed by atoms with van der Waals surface area (Å²) in [6.45, 7) is 2.50. The lowest BCUT2D eigenvalue weighted by atomic mass is 10.2. The highest BCUT2D eigenvalue weighted by molar-refractivity contribution is 6.35. The first kappa shape index (κ1) is 14.2. The van der Waals surface area contributed by atoms with E-state index in [-0.39, 0.29) is 6.04 Å². The zero-order chi connectivity index (χ0) is 13.4. The smallest absolute Gasteiger partial charge is 0.309 e. The number of nitrogens with one attached hydrogen (secondary N) is 2. The van der Waals surface area contributed by atoms with Gasteiger partial charge in [-0.2, -0.15) is 0 Å². The number of methoxy groups -OCH3 is 1. The first-order valence-electron chi connectivity index (χ1n) is 5.73. The molecule has 1 rings (SSSR count). The molecule has 2 N–H and O–H groups in total. The molecule has 0 aliphatic rings. The van der Waals surface area contributed by atoms with Crippen LogP contribution >= 0.6 is 0 Å². The van der Waals surface area contributed by atoms with Crippen molar-refractivity contribution in [3.05, 3.63) is 24.2 Å². The average molecular weight is 254 g/mol. The number of furan rings is 1. The highest BCUT2D eigenvalue weighted by Crippen LogP contribution is 2.03. The van der Waals surface area contributed by atoms with Crippen LogP contribution in [-0.2, 0) is 20.7 Å². The molecule has 1 aromatic heterocycles. The Morgan fingerprint density at radius 2 is 2.22 bits per heavy atom. The SMILES string of the molecule is COCCNC(=O)C(=O)N[C@@H](C)Cc1ccco1. The van der Waals surface area contributed by atoms with Crippen molar-refractivity contribution >= 4 is 11.8 Å². The Bertz CT molecular complexity index is 375. The van der Waals surface area contributed by atoms with Crippen LogP contribution in [0.3, 0.4) is 0 Å². The number of carbonyl (C=O) groups excluding carboxylic acids is 2. The Hall–Kier alpha value is -1.82. The molecule has 0 spiro atoms. The first-order chi connectivity index (χ1) is 8.63. The highest BCUT2D eigenvalue weighted by Gasteiger charge is 2.16. The zero-order valence-electron chi connectivity index (χ0n) is 10.6. The van der Waals surface area contributed by atoms with Gasteiger partial charge < -0.3 is 19.8 Å². The standard InChI is InChI=1S/C12H18N2O4/c1-9(8-10-4-3-6-18-10)14-12(16)11(15)13-5-7-17-2/h3-4,6,9H,5,7-8H2,1-2H3,(H,13,15)(H,14,16)/t9-/m0/s1. The van der Waals surface area contributed by atoms with Gasteiger partial charge in [-0.1, -0.05) is 0 Å². The molecule has 0 radical (unpaired) electrons. The summed E-state index contributed by atoms with van der Waals surface area (Å²) in [4.78, 5) is 22.8. The molecule has 0 aliphatic heterocycles. The van der Waals surface area contributed by atoms with E-state index in [1.807, 2.05) is 13.0 Å². The van der Waals surface area contributed by atoms with Crippen LogP contribution in [0.2, 0.25) is 0 Å². The molecule has 0 unspecified atom stereocenters. The fourth-order valence-corrected chi connectivity index (χ4v) is 1.42. The van der Waals surface area contributed by atoms with Crippen LogP contribution in [0, 0.1) is 0 Å². The van der Waals surface area contributed by atoms with Crippen LogP contribution in [0.4, 0.5) is 0 Å². The number of hydrogen-bond acceptors (Lipinski definition) is 4. The molecule has 0 saturated carbocycles. The molecule has 1 heterocycles. The highest BCUT2D eigenvalue weighted by atomic mass is 16.5. The van der Waals surface area contributed by atoms with Gasteiger partial charge in [0.1, 0.15) is 5.76 Å². The van der Waals surface area contributed by atoms with Crippen molar-refractivity contribution in [2.24, 2.45) is 0 Å². The number of amides is 2. The number of hydrogen-bond donors (Lipinski definition) is 2. The quantitative estimate of drug-likeness (QED) is 0.557. The van der Waals surface area contributed by atoms with E-state index in [1.165, 1.54) is 7.11 Å². The van der Waals surface area contributed by atoms with Crippen molar-refractivity contribution in [3.8, 4) is 0 Å². The van der Waals surface area contributed by atoms with Gasteiger partial charge in [-0.15, -0.1) is 0 Å². The van der Waals surface area contributed by atoms with Gasteiger partial charge in [-0.05, 0) is 19.1 Å². The van der Waals surface area contributed by atoms with E-state index in [0.717, 1.165) is 5.76 Å². The topological polar surface area (TPSA) is 80.6 Å². The molecule has 6 heteroatoms. The molecule has 6 nitrogen and oxygen atoms in total. The van der Waals surface area contributed by atoms with Crippen molar-refractivity contribution in [3.63, 3.8) is 0 Å². The normalized spacial score (nSPS) is 11.9. The lowest BCUT2D eigenvalue weighted by molar-refractivity contribution is -0.139. The maximum absolute atomic E-state index is 11.5. The summed E-state index contributed by atoms with van der Waals surface area (Å²) >= 11 is 0. The third-order valence-electron chi connectivity index (χ3n) is 2.26. The molecule has 0 aliphatic carbocycles. The van der Waals surface area contributed by atoms with Crippen LogP contribution in [0.15, 0.2) is 22.8 Å². The second kappa shape index (κ2) is 7.50. The summed E-state index contributed by atoms with van der Waals surface area (Å²) in [5, 5.41) is 5.04. The lowest BCUT2D eigenvalue weighted by Gasteiger charge is -2.12. The predicted molar refractivity (Wildman–Crippen MR) is 64.9 cm³/mol. The Labute approximate surface area is 106 Å². The molecular weight excluding hydrogens is 236 g/mol. The summed E-state index contributed by atoms with van der Waals surface area (Å²) in [7, 11) is 1.53. The van der Waals surface area contributed by atoms with Crippen LogP contribution < -0.4 is 10.6 Å². The van der Waals surface area contributed by atoms with Gasteiger partial charge >= 0.3 is 11.8 Å². The monoisotopic (exact) mass is 254 g/mol. The molecule has 0 saturated heterocycles. The van der Waals surface area contributed by atoms with Crippen LogP contribution in [0.25, 0.3) is 0 Å². The molecule has 0 aromatic carbocycles. The lowest BCUT2D eigenvalue weighted by Crippen LogP contribution is -2.45. The van der Waals surface area contributed by atoms with E-state index in [0.29, 0.717) is 19.6 Å². The van der Waals surface area contributed by atoms with E-state index in [9.17, 15) is 9.59 Å². The minimum atomic E-state index is -0.654. The van der Waals surface area contributed by atoms with Crippen molar-refractivity contribution in [2.75, 3.05) is 20.3 Å². The van der Waals surface area contributed by atoms with Gasteiger partial charge in [-0.3, -0.25) is 9.59 Å². The Morgan fingerprint density at radius 3 is 2.83 bits per heavy atom. The van der Waals surface area contributed by atoms with Gasteiger partial charge in [0.25, 0.3) is 0 Å². The Kier molecular flexibility index (Phi) is 5.93. The van der Waals surface area contributed by atoms with Crippen LogP contribution in [0.5, 0.6) is 0 Å². The second-order valence-electron chi connectivity index (χ2n) is 3.91. The van der Waals surface area contributed by atoms with Crippen molar-refractivity contribution in [2.45, 2.75) is 19.4 Å². The van der Waals surface area contributed by atoms with Gasteiger partial charge in [-0.25, -0.2) is 0 Å².